The zero-order chi connectivity index (χ0) is 31.7. The van der Waals surface area contributed by atoms with E-state index in [9.17, 15) is 45.4 Å². The summed E-state index contributed by atoms with van der Waals surface area (Å²) >= 11 is 0. The molecule has 1 unspecified atom stereocenters. The van der Waals surface area contributed by atoms with Gasteiger partial charge in [0.2, 0.25) is 5.91 Å². The van der Waals surface area contributed by atoms with E-state index >= 15 is 0 Å². The number of carbonyl (C=O) groups excluding carboxylic acids is 2. The van der Waals surface area contributed by atoms with Crippen molar-refractivity contribution in [3.63, 3.8) is 0 Å². The van der Waals surface area contributed by atoms with E-state index in [2.05, 4.69) is 20.6 Å². The van der Waals surface area contributed by atoms with Gasteiger partial charge in [-0.1, -0.05) is 0 Å². The summed E-state index contributed by atoms with van der Waals surface area (Å²) in [5, 5.41) is 16.0. The zero-order valence-corrected chi connectivity index (χ0v) is 22.9. The van der Waals surface area contributed by atoms with Crippen LogP contribution in [-0.4, -0.2) is 62.8 Å². The van der Waals surface area contributed by atoms with Gasteiger partial charge in [-0.15, -0.1) is 0 Å². The Kier molecular flexibility index (Phi) is 7.15. The van der Waals surface area contributed by atoms with Crippen LogP contribution in [0.15, 0.2) is 36.7 Å². The maximum Gasteiger partial charge on any atom is 0.401 e. The number of rotatable bonds is 4. The standard InChI is InChI=1S/C29H24F7N5O3/c1-12-16(22-18(31)2-3-19(32)23(22)33)6-20(26(43)41(12)11-29(34,35)36)39-25(42)14-4-13-7-28(8-21(13)37-9-14)17-5-15(30)10-38-24(17)40-27(28)44/h2-5,9-10,12,16,20,26,43H,6-8,11H2,1H3,(H,39,42)(H,38,40,44)/t12-,16-,20+,26?,28+/m1/s1. The summed E-state index contributed by atoms with van der Waals surface area (Å²) in [6.07, 6.45) is -4.85. The van der Waals surface area contributed by atoms with Crippen LogP contribution in [0, 0.1) is 23.3 Å². The fourth-order valence-electron chi connectivity index (χ4n) is 6.62. The van der Waals surface area contributed by atoms with Crippen molar-refractivity contribution >= 4 is 17.6 Å². The molecule has 1 spiro atoms. The minimum Gasteiger partial charge on any atom is -0.376 e. The van der Waals surface area contributed by atoms with E-state index in [1.54, 1.807) is 0 Å². The van der Waals surface area contributed by atoms with Gasteiger partial charge in [-0.2, -0.15) is 13.2 Å². The first-order chi connectivity index (χ1) is 20.7. The monoisotopic (exact) mass is 623 g/mol. The lowest BCUT2D eigenvalue weighted by atomic mass is 9.79. The lowest BCUT2D eigenvalue weighted by Crippen LogP contribution is -2.62. The Bertz CT molecular complexity index is 1690. The Morgan fingerprint density at radius 1 is 1.11 bits per heavy atom. The highest BCUT2D eigenvalue weighted by molar-refractivity contribution is 6.06. The number of piperidine rings is 1. The van der Waals surface area contributed by atoms with Gasteiger partial charge in [0.1, 0.15) is 23.7 Å². The number of hydrogen-bond acceptors (Lipinski definition) is 6. The highest BCUT2D eigenvalue weighted by Gasteiger charge is 2.52. The molecule has 6 rings (SSSR count). The molecule has 3 N–H and O–H groups in total. The maximum absolute atomic E-state index is 14.8. The molecule has 5 atom stereocenters. The quantitative estimate of drug-likeness (QED) is 0.301. The number of nitrogens with one attached hydrogen (secondary N) is 2. The molecule has 2 amide bonds. The van der Waals surface area contributed by atoms with E-state index in [1.807, 2.05) is 0 Å². The molecule has 1 fully saturated rings. The number of pyridine rings is 2. The first kappa shape index (κ1) is 29.9. The normalized spacial score (nSPS) is 26.4. The number of fused-ring (bicyclic) bond motifs is 3. The van der Waals surface area contributed by atoms with Gasteiger partial charge in [0.25, 0.3) is 5.91 Å². The first-order valence-corrected chi connectivity index (χ1v) is 13.6. The molecule has 2 aromatic heterocycles. The molecule has 0 radical (unpaired) electrons. The van der Waals surface area contributed by atoms with Crippen molar-refractivity contribution in [3.05, 3.63) is 87.9 Å². The fourth-order valence-corrected chi connectivity index (χ4v) is 6.62. The van der Waals surface area contributed by atoms with Gasteiger partial charge in [0.15, 0.2) is 11.6 Å². The van der Waals surface area contributed by atoms with Crippen molar-refractivity contribution < 1.29 is 45.4 Å². The van der Waals surface area contributed by atoms with E-state index in [-0.39, 0.29) is 24.2 Å². The molecule has 3 aliphatic rings. The lowest BCUT2D eigenvalue weighted by molar-refractivity contribution is -0.187. The summed E-state index contributed by atoms with van der Waals surface area (Å²) < 4.78 is 98.0. The maximum atomic E-state index is 14.8. The van der Waals surface area contributed by atoms with Crippen LogP contribution in [0.25, 0.3) is 0 Å². The van der Waals surface area contributed by atoms with Crippen molar-refractivity contribution in [2.24, 2.45) is 0 Å². The number of halogens is 7. The van der Waals surface area contributed by atoms with Crippen LogP contribution >= 0.6 is 0 Å². The SMILES string of the molecule is C[C@@H]1[C@H](c2c(F)ccc(F)c2F)C[C@H](NC(=O)c2cnc3c(c2)C[C@@]2(C3)C(=O)Nc3ncc(F)cc32)C(O)N1CC(F)(F)F. The van der Waals surface area contributed by atoms with Crippen molar-refractivity contribution in [2.75, 3.05) is 11.9 Å². The molecule has 232 valence electrons. The molecular weight excluding hydrogens is 599 g/mol. The smallest absolute Gasteiger partial charge is 0.376 e. The van der Waals surface area contributed by atoms with Crippen LogP contribution in [0.4, 0.5) is 36.6 Å². The average molecular weight is 624 g/mol. The average Bonchev–Trinajstić information content (AvgIpc) is 3.47. The summed E-state index contributed by atoms with van der Waals surface area (Å²) in [6, 6.07) is 1.08. The number of aliphatic hydroxyl groups excluding tert-OH is 1. The molecule has 1 aliphatic carbocycles. The minimum absolute atomic E-state index is 0.0591. The van der Waals surface area contributed by atoms with Crippen LogP contribution < -0.4 is 10.6 Å². The number of alkyl halides is 3. The van der Waals surface area contributed by atoms with Gasteiger partial charge < -0.3 is 15.7 Å². The van der Waals surface area contributed by atoms with E-state index in [0.29, 0.717) is 33.9 Å². The lowest BCUT2D eigenvalue weighted by Gasteiger charge is -2.47. The molecule has 4 heterocycles. The van der Waals surface area contributed by atoms with E-state index in [0.717, 1.165) is 6.20 Å². The van der Waals surface area contributed by atoms with Crippen LogP contribution in [0.1, 0.15) is 52.0 Å². The molecule has 2 aliphatic heterocycles. The Balaban J connectivity index is 1.28. The number of benzene rings is 1. The third kappa shape index (κ3) is 4.97. The zero-order valence-electron chi connectivity index (χ0n) is 22.9. The van der Waals surface area contributed by atoms with Crippen LogP contribution in [-0.2, 0) is 23.1 Å². The molecule has 8 nitrogen and oxygen atoms in total. The number of aliphatic hydroxyl groups is 1. The molecule has 15 heteroatoms. The molecule has 0 saturated carbocycles. The minimum atomic E-state index is -4.83. The Morgan fingerprint density at radius 3 is 2.57 bits per heavy atom. The highest BCUT2D eigenvalue weighted by Crippen LogP contribution is 2.46. The van der Waals surface area contributed by atoms with E-state index < -0.39 is 89.4 Å². The summed E-state index contributed by atoms with van der Waals surface area (Å²) in [6.45, 7) is -0.446. The summed E-state index contributed by atoms with van der Waals surface area (Å²) in [7, 11) is 0. The van der Waals surface area contributed by atoms with Crippen LogP contribution in [0.2, 0.25) is 0 Å². The number of amides is 2. The van der Waals surface area contributed by atoms with Gasteiger partial charge in [-0.05, 0) is 49.6 Å². The van der Waals surface area contributed by atoms with E-state index in [4.69, 9.17) is 0 Å². The topological polar surface area (TPSA) is 107 Å². The summed E-state index contributed by atoms with van der Waals surface area (Å²) in [5.74, 6) is -7.24. The van der Waals surface area contributed by atoms with Crippen molar-refractivity contribution in [1.82, 2.24) is 20.2 Å². The third-order valence-corrected chi connectivity index (χ3v) is 8.76. The molecule has 44 heavy (non-hydrogen) atoms. The van der Waals surface area contributed by atoms with Crippen molar-refractivity contribution in [2.45, 2.75) is 62.0 Å². The highest BCUT2D eigenvalue weighted by atomic mass is 19.4. The van der Waals surface area contributed by atoms with Gasteiger partial charge >= 0.3 is 6.18 Å². The summed E-state index contributed by atoms with van der Waals surface area (Å²) in [4.78, 5) is 35.1. The van der Waals surface area contributed by atoms with Gasteiger partial charge in [-0.25, -0.2) is 22.5 Å². The van der Waals surface area contributed by atoms with Crippen molar-refractivity contribution in [3.8, 4) is 0 Å². The van der Waals surface area contributed by atoms with Crippen LogP contribution in [0.5, 0.6) is 0 Å². The number of carbonyl (C=O) groups is 2. The molecule has 3 aromatic rings. The second kappa shape index (κ2) is 10.5. The van der Waals surface area contributed by atoms with Crippen molar-refractivity contribution in [1.29, 1.82) is 0 Å². The Hall–Kier alpha value is -4.11. The first-order valence-electron chi connectivity index (χ1n) is 13.6. The third-order valence-electron chi connectivity index (χ3n) is 8.76. The molecule has 0 bridgehead atoms. The number of aromatic nitrogens is 2. The van der Waals surface area contributed by atoms with Crippen LogP contribution in [0.3, 0.4) is 0 Å². The predicted octanol–water partition coefficient (Wildman–Crippen LogP) is 3.88. The summed E-state index contributed by atoms with van der Waals surface area (Å²) in [5.41, 5.74) is -0.753. The second-order valence-corrected chi connectivity index (χ2v) is 11.4. The second-order valence-electron chi connectivity index (χ2n) is 11.4. The Labute approximate surface area is 245 Å². The number of anilines is 1. The fraction of sp³-hybridized carbons (Fsp3) is 0.379. The molecule has 1 saturated heterocycles. The number of likely N-dealkylation sites (tertiary alicyclic amines) is 1. The largest absolute Gasteiger partial charge is 0.401 e. The van der Waals surface area contributed by atoms with Gasteiger partial charge in [-0.3, -0.25) is 19.5 Å². The number of nitrogens with zero attached hydrogens (tertiary/aromatic N) is 3. The van der Waals surface area contributed by atoms with Gasteiger partial charge in [0, 0.05) is 41.4 Å². The number of hydrogen-bond donors (Lipinski definition) is 3. The predicted molar refractivity (Wildman–Crippen MR) is 139 cm³/mol. The van der Waals surface area contributed by atoms with E-state index in [1.165, 1.54) is 25.3 Å². The Morgan fingerprint density at radius 2 is 1.84 bits per heavy atom. The molecule has 1 aromatic carbocycles. The molecular formula is C29H24F7N5O3. The van der Waals surface area contributed by atoms with Gasteiger partial charge in [0.05, 0.1) is 29.8 Å².